The first-order valence-electron chi connectivity index (χ1n) is 8.36. The van der Waals surface area contributed by atoms with E-state index in [0.29, 0.717) is 5.91 Å². The van der Waals surface area contributed by atoms with E-state index in [9.17, 15) is 9.59 Å². The Balaban J connectivity index is 1.55. The Labute approximate surface area is 135 Å². The van der Waals surface area contributed by atoms with E-state index >= 15 is 0 Å². The molecule has 0 bridgehead atoms. The second-order valence-electron chi connectivity index (χ2n) is 6.39. The van der Waals surface area contributed by atoms with Crippen molar-refractivity contribution in [3.63, 3.8) is 0 Å². The molecule has 23 heavy (non-hydrogen) atoms. The predicted octanol–water partition coefficient (Wildman–Crippen LogP) is 2.49. The van der Waals surface area contributed by atoms with Crippen LogP contribution in [0.15, 0.2) is 24.5 Å². The lowest BCUT2D eigenvalue weighted by Crippen LogP contribution is -2.42. The third kappa shape index (κ3) is 3.63. The Morgan fingerprint density at radius 2 is 1.74 bits per heavy atom. The van der Waals surface area contributed by atoms with Gasteiger partial charge in [0.1, 0.15) is 0 Å². The van der Waals surface area contributed by atoms with E-state index in [-0.39, 0.29) is 17.5 Å². The molecule has 0 spiro atoms. The largest absolute Gasteiger partial charge is 0.478 e. The van der Waals surface area contributed by atoms with Gasteiger partial charge < -0.3 is 10.0 Å². The van der Waals surface area contributed by atoms with Gasteiger partial charge in [-0.05, 0) is 38.5 Å². The van der Waals surface area contributed by atoms with Gasteiger partial charge >= 0.3 is 5.97 Å². The van der Waals surface area contributed by atoms with Crippen LogP contribution < -0.4 is 0 Å². The van der Waals surface area contributed by atoms with E-state index in [1.807, 2.05) is 4.90 Å². The molecule has 6 nitrogen and oxygen atoms in total. The molecule has 1 amide bonds. The van der Waals surface area contributed by atoms with Gasteiger partial charge in [0.25, 0.3) is 0 Å². The number of carboxylic acid groups (broad SMARTS) is 1. The molecule has 1 aromatic heterocycles. The van der Waals surface area contributed by atoms with Crippen LogP contribution in [-0.4, -0.2) is 44.8 Å². The highest BCUT2D eigenvalue weighted by atomic mass is 16.4. The number of aromatic carboxylic acids is 1. The Hall–Kier alpha value is -2.11. The highest BCUT2D eigenvalue weighted by molar-refractivity contribution is 5.86. The van der Waals surface area contributed by atoms with E-state index in [1.54, 1.807) is 10.9 Å². The predicted molar refractivity (Wildman–Crippen MR) is 85.1 cm³/mol. The Bertz CT molecular complexity index is 590. The fraction of sp³-hybridized carbons (Fsp3) is 0.588. The molecule has 0 unspecified atom stereocenters. The minimum Gasteiger partial charge on any atom is -0.478 e. The van der Waals surface area contributed by atoms with Crippen molar-refractivity contribution in [3.05, 3.63) is 30.1 Å². The number of allylic oxidation sites excluding steroid dienone is 2. The van der Waals surface area contributed by atoms with Crippen molar-refractivity contribution in [1.29, 1.82) is 0 Å². The Morgan fingerprint density at radius 1 is 1.09 bits per heavy atom. The molecule has 1 aliphatic heterocycles. The van der Waals surface area contributed by atoms with Crippen molar-refractivity contribution in [2.24, 2.45) is 5.92 Å². The maximum atomic E-state index is 12.6. The minimum atomic E-state index is -0.953. The van der Waals surface area contributed by atoms with Gasteiger partial charge in [-0.1, -0.05) is 12.2 Å². The fourth-order valence-corrected chi connectivity index (χ4v) is 3.48. The molecule has 1 aliphatic carbocycles. The molecule has 0 aromatic carbocycles. The number of carboxylic acids is 1. The molecule has 1 N–H and O–H groups in total. The average molecular weight is 317 g/mol. The summed E-state index contributed by atoms with van der Waals surface area (Å²) in [4.78, 5) is 25.6. The van der Waals surface area contributed by atoms with Gasteiger partial charge in [0.2, 0.25) is 5.91 Å². The first kappa shape index (κ1) is 15.8. The van der Waals surface area contributed by atoms with Crippen LogP contribution in [0.1, 0.15) is 54.9 Å². The van der Waals surface area contributed by atoms with Crippen LogP contribution in [0, 0.1) is 5.92 Å². The summed E-state index contributed by atoms with van der Waals surface area (Å²) >= 11 is 0. The Kier molecular flexibility index (Phi) is 4.79. The Morgan fingerprint density at radius 3 is 2.30 bits per heavy atom. The first-order valence-corrected chi connectivity index (χ1v) is 8.36. The lowest BCUT2D eigenvalue weighted by Gasteiger charge is -2.34. The maximum absolute atomic E-state index is 12.6. The van der Waals surface area contributed by atoms with Gasteiger partial charge in [-0.25, -0.2) is 4.79 Å². The summed E-state index contributed by atoms with van der Waals surface area (Å²) in [6.45, 7) is 1.46. The molecule has 2 aliphatic rings. The minimum absolute atomic E-state index is 0.157. The normalized spacial score (nSPS) is 20.4. The number of nitrogens with zero attached hydrogens (tertiary/aromatic N) is 3. The second kappa shape index (κ2) is 6.98. The summed E-state index contributed by atoms with van der Waals surface area (Å²) in [6, 6.07) is 0.183. The number of carbonyl (C=O) groups is 2. The molecular weight excluding hydrogens is 294 g/mol. The summed E-state index contributed by atoms with van der Waals surface area (Å²) in [5, 5.41) is 13.1. The number of likely N-dealkylation sites (tertiary alicyclic amines) is 1. The van der Waals surface area contributed by atoms with Gasteiger partial charge in [-0.15, -0.1) is 0 Å². The summed E-state index contributed by atoms with van der Waals surface area (Å²) in [6.07, 6.45) is 12.9. The summed E-state index contributed by atoms with van der Waals surface area (Å²) in [5.74, 6) is -0.505. The zero-order valence-electron chi connectivity index (χ0n) is 13.2. The summed E-state index contributed by atoms with van der Waals surface area (Å²) in [5.41, 5.74) is 0.217. The molecule has 0 radical (unpaired) electrons. The van der Waals surface area contributed by atoms with Crippen molar-refractivity contribution in [2.45, 2.75) is 44.6 Å². The average Bonchev–Trinajstić information content (AvgIpc) is 2.91. The van der Waals surface area contributed by atoms with Gasteiger partial charge in [-0.2, -0.15) is 5.10 Å². The van der Waals surface area contributed by atoms with Crippen molar-refractivity contribution in [1.82, 2.24) is 14.7 Å². The van der Waals surface area contributed by atoms with E-state index in [1.165, 1.54) is 6.20 Å². The van der Waals surface area contributed by atoms with Crippen molar-refractivity contribution < 1.29 is 14.7 Å². The SMILES string of the molecule is O=C(O)c1cnn(C2CCN(C(=O)C3CCC=CCC3)CC2)c1. The highest BCUT2D eigenvalue weighted by Gasteiger charge is 2.29. The van der Waals surface area contributed by atoms with E-state index in [2.05, 4.69) is 17.3 Å². The van der Waals surface area contributed by atoms with Crippen LogP contribution in [0.5, 0.6) is 0 Å². The van der Waals surface area contributed by atoms with Gasteiger partial charge in [0, 0.05) is 25.2 Å². The number of hydrogen-bond donors (Lipinski definition) is 1. The molecule has 1 saturated heterocycles. The number of aromatic nitrogens is 2. The van der Waals surface area contributed by atoms with Crippen LogP contribution in [0.4, 0.5) is 0 Å². The number of piperidine rings is 1. The third-order valence-corrected chi connectivity index (χ3v) is 4.88. The molecule has 6 heteroatoms. The number of hydrogen-bond acceptors (Lipinski definition) is 3. The standard InChI is InChI=1S/C17H23N3O3/c21-16(13-5-3-1-2-4-6-13)19-9-7-15(8-10-19)20-12-14(11-18-20)17(22)23/h1-2,11-13,15H,3-10H2,(H,22,23). The van der Waals surface area contributed by atoms with Crippen LogP contribution >= 0.6 is 0 Å². The zero-order valence-corrected chi connectivity index (χ0v) is 13.2. The van der Waals surface area contributed by atoms with Crippen molar-refractivity contribution in [3.8, 4) is 0 Å². The lowest BCUT2D eigenvalue weighted by atomic mass is 9.96. The molecule has 1 fully saturated rings. The molecular formula is C17H23N3O3. The number of carbonyl (C=O) groups excluding carboxylic acids is 1. The van der Waals surface area contributed by atoms with Crippen LogP contribution in [0.2, 0.25) is 0 Å². The van der Waals surface area contributed by atoms with Crippen molar-refractivity contribution in [2.75, 3.05) is 13.1 Å². The summed E-state index contributed by atoms with van der Waals surface area (Å²) in [7, 11) is 0. The van der Waals surface area contributed by atoms with Gasteiger partial charge in [0.05, 0.1) is 17.8 Å². The second-order valence-corrected chi connectivity index (χ2v) is 6.39. The molecule has 0 atom stereocenters. The van der Waals surface area contributed by atoms with E-state index < -0.39 is 5.97 Å². The third-order valence-electron chi connectivity index (χ3n) is 4.88. The highest BCUT2D eigenvalue weighted by Crippen LogP contribution is 2.26. The number of rotatable bonds is 3. The van der Waals surface area contributed by atoms with Crippen LogP contribution in [-0.2, 0) is 4.79 Å². The number of amides is 1. The molecule has 124 valence electrons. The zero-order chi connectivity index (χ0) is 16.2. The van der Waals surface area contributed by atoms with Gasteiger partial charge in [-0.3, -0.25) is 9.48 Å². The van der Waals surface area contributed by atoms with Gasteiger partial charge in [0.15, 0.2) is 0 Å². The molecule has 1 aromatic rings. The smallest absolute Gasteiger partial charge is 0.338 e. The summed E-state index contributed by atoms with van der Waals surface area (Å²) < 4.78 is 1.74. The topological polar surface area (TPSA) is 75.4 Å². The van der Waals surface area contributed by atoms with Crippen LogP contribution in [0.3, 0.4) is 0 Å². The van der Waals surface area contributed by atoms with E-state index in [4.69, 9.17) is 5.11 Å². The monoisotopic (exact) mass is 317 g/mol. The van der Waals surface area contributed by atoms with E-state index in [0.717, 1.165) is 51.6 Å². The molecule has 0 saturated carbocycles. The maximum Gasteiger partial charge on any atom is 0.338 e. The first-order chi connectivity index (χ1) is 11.1. The quantitative estimate of drug-likeness (QED) is 0.869. The fourth-order valence-electron chi connectivity index (χ4n) is 3.48. The molecule has 2 heterocycles. The molecule has 3 rings (SSSR count). The lowest BCUT2D eigenvalue weighted by molar-refractivity contribution is -0.137. The van der Waals surface area contributed by atoms with Crippen molar-refractivity contribution >= 4 is 11.9 Å². The van der Waals surface area contributed by atoms with Crippen LogP contribution in [0.25, 0.3) is 0 Å².